The Balaban J connectivity index is 4.66. The van der Waals surface area contributed by atoms with E-state index >= 15 is 0 Å². The Morgan fingerprint density at radius 3 is 2.08 bits per heavy atom. The summed E-state index contributed by atoms with van der Waals surface area (Å²) >= 11 is 0. The molecule has 0 atom stereocenters. The average molecular weight is 164 g/mol. The molecule has 0 nitrogen and oxygen atoms in total. The van der Waals surface area contributed by atoms with E-state index in [-0.39, 0.29) is 5.41 Å². The zero-order valence-corrected chi connectivity index (χ0v) is 8.94. The summed E-state index contributed by atoms with van der Waals surface area (Å²) in [5.41, 5.74) is 2.63. The Labute approximate surface area is 76.7 Å². The van der Waals surface area contributed by atoms with E-state index in [9.17, 15) is 0 Å². The van der Waals surface area contributed by atoms with E-state index < -0.39 is 0 Å². The molecule has 68 valence electrons. The highest BCUT2D eigenvalue weighted by Crippen LogP contribution is 2.27. The van der Waals surface area contributed by atoms with Crippen molar-refractivity contribution >= 4 is 0 Å². The second-order valence-electron chi connectivity index (χ2n) is 3.90. The number of hydrogen-bond acceptors (Lipinski definition) is 0. The zero-order valence-electron chi connectivity index (χ0n) is 8.94. The fourth-order valence-corrected chi connectivity index (χ4v) is 1.10. The summed E-state index contributed by atoms with van der Waals surface area (Å²) in [6.45, 7) is 14.5. The molecule has 0 saturated heterocycles. The van der Waals surface area contributed by atoms with Crippen LogP contribution in [0.15, 0.2) is 36.0 Å². The minimum Gasteiger partial charge on any atom is -0.0961 e. The van der Waals surface area contributed by atoms with Crippen molar-refractivity contribution in [2.45, 2.75) is 34.6 Å². The SMILES string of the molecule is C=C(C)C=C(C)C(C)(C)C=CC. The quantitative estimate of drug-likeness (QED) is 0.435. The molecule has 0 aliphatic rings. The molecule has 0 fully saturated rings. The second-order valence-corrected chi connectivity index (χ2v) is 3.90. The molecule has 0 unspecified atom stereocenters. The Morgan fingerprint density at radius 1 is 1.25 bits per heavy atom. The summed E-state index contributed by atoms with van der Waals surface area (Å²) in [7, 11) is 0. The van der Waals surface area contributed by atoms with Crippen molar-refractivity contribution in [2.24, 2.45) is 5.41 Å². The second kappa shape index (κ2) is 4.30. The lowest BCUT2D eigenvalue weighted by Gasteiger charge is -2.21. The van der Waals surface area contributed by atoms with Crippen molar-refractivity contribution < 1.29 is 0 Å². The summed E-state index contributed by atoms with van der Waals surface area (Å²) in [5, 5.41) is 0. The number of allylic oxidation sites excluding steroid dienone is 5. The van der Waals surface area contributed by atoms with Gasteiger partial charge in [0, 0.05) is 5.41 Å². The van der Waals surface area contributed by atoms with Crippen LogP contribution < -0.4 is 0 Å². The van der Waals surface area contributed by atoms with Crippen LogP contribution in [0.3, 0.4) is 0 Å². The van der Waals surface area contributed by atoms with E-state index in [0.717, 1.165) is 5.57 Å². The van der Waals surface area contributed by atoms with Gasteiger partial charge in [0.2, 0.25) is 0 Å². The molecule has 0 amide bonds. The van der Waals surface area contributed by atoms with E-state index in [4.69, 9.17) is 0 Å². The molecular formula is C12H20. The lowest BCUT2D eigenvalue weighted by molar-refractivity contribution is 0.578. The van der Waals surface area contributed by atoms with Gasteiger partial charge in [-0.1, -0.05) is 49.8 Å². The van der Waals surface area contributed by atoms with E-state index in [1.165, 1.54) is 5.57 Å². The number of hydrogen-bond donors (Lipinski definition) is 0. The van der Waals surface area contributed by atoms with E-state index in [2.05, 4.69) is 52.5 Å². The van der Waals surface area contributed by atoms with Crippen molar-refractivity contribution in [1.82, 2.24) is 0 Å². The highest BCUT2D eigenvalue weighted by atomic mass is 14.2. The molecule has 0 heteroatoms. The third-order valence-corrected chi connectivity index (χ3v) is 2.06. The normalized spacial score (nSPS) is 13.9. The molecule has 0 aromatic rings. The molecule has 0 aromatic heterocycles. The molecule has 0 spiro atoms. The predicted octanol–water partition coefficient (Wildman–Crippen LogP) is 4.11. The standard InChI is InChI=1S/C12H20/c1-7-8-12(5,6)11(4)9-10(2)3/h7-9H,2H2,1,3-6H3. The summed E-state index contributed by atoms with van der Waals surface area (Å²) in [5.74, 6) is 0. The molecule has 0 aromatic carbocycles. The molecule has 0 saturated carbocycles. The van der Waals surface area contributed by atoms with Crippen LogP contribution in [-0.2, 0) is 0 Å². The number of rotatable bonds is 3. The van der Waals surface area contributed by atoms with Crippen molar-refractivity contribution in [2.75, 3.05) is 0 Å². The van der Waals surface area contributed by atoms with Crippen LogP contribution in [0.1, 0.15) is 34.6 Å². The van der Waals surface area contributed by atoms with E-state index in [1.807, 2.05) is 6.92 Å². The van der Waals surface area contributed by atoms with Gasteiger partial charge < -0.3 is 0 Å². The summed E-state index contributed by atoms with van der Waals surface area (Å²) in [6, 6.07) is 0. The minimum atomic E-state index is 0.160. The highest BCUT2D eigenvalue weighted by Gasteiger charge is 2.14. The fourth-order valence-electron chi connectivity index (χ4n) is 1.10. The van der Waals surface area contributed by atoms with Gasteiger partial charge in [0.15, 0.2) is 0 Å². The van der Waals surface area contributed by atoms with Gasteiger partial charge in [-0.05, 0) is 20.8 Å². The van der Waals surface area contributed by atoms with Crippen LogP contribution in [0.4, 0.5) is 0 Å². The summed E-state index contributed by atoms with van der Waals surface area (Å²) in [4.78, 5) is 0. The van der Waals surface area contributed by atoms with E-state index in [0.29, 0.717) is 0 Å². The van der Waals surface area contributed by atoms with Crippen LogP contribution in [0.5, 0.6) is 0 Å². The molecule has 0 aliphatic heterocycles. The average Bonchev–Trinajstić information content (AvgIpc) is 1.85. The third kappa shape index (κ3) is 3.56. The molecule has 0 N–H and O–H groups in total. The Hall–Kier alpha value is -0.780. The van der Waals surface area contributed by atoms with Gasteiger partial charge in [0.25, 0.3) is 0 Å². The first-order valence-electron chi connectivity index (χ1n) is 4.38. The minimum absolute atomic E-state index is 0.160. The Bertz CT molecular complexity index is 214. The molecule has 0 rings (SSSR count). The highest BCUT2D eigenvalue weighted by molar-refractivity contribution is 5.25. The molecule has 0 heterocycles. The van der Waals surface area contributed by atoms with Crippen molar-refractivity contribution in [3.05, 3.63) is 36.0 Å². The topological polar surface area (TPSA) is 0 Å². The van der Waals surface area contributed by atoms with E-state index in [1.54, 1.807) is 0 Å². The molecule has 0 radical (unpaired) electrons. The molecule has 0 aliphatic carbocycles. The maximum absolute atomic E-state index is 3.87. The first-order valence-corrected chi connectivity index (χ1v) is 4.38. The van der Waals surface area contributed by atoms with Gasteiger partial charge in [-0.15, -0.1) is 0 Å². The van der Waals surface area contributed by atoms with Crippen LogP contribution in [0, 0.1) is 5.41 Å². The van der Waals surface area contributed by atoms with Crippen LogP contribution in [0.2, 0.25) is 0 Å². The van der Waals surface area contributed by atoms with Gasteiger partial charge in [0.1, 0.15) is 0 Å². The maximum atomic E-state index is 3.87. The van der Waals surface area contributed by atoms with Gasteiger partial charge >= 0.3 is 0 Å². The van der Waals surface area contributed by atoms with Gasteiger partial charge in [-0.25, -0.2) is 0 Å². The van der Waals surface area contributed by atoms with Crippen LogP contribution in [0.25, 0.3) is 0 Å². The summed E-state index contributed by atoms with van der Waals surface area (Å²) < 4.78 is 0. The van der Waals surface area contributed by atoms with Gasteiger partial charge in [-0.2, -0.15) is 0 Å². The Morgan fingerprint density at radius 2 is 1.75 bits per heavy atom. The predicted molar refractivity (Wildman–Crippen MR) is 57.2 cm³/mol. The lowest BCUT2D eigenvalue weighted by atomic mass is 9.84. The van der Waals surface area contributed by atoms with Crippen LogP contribution in [-0.4, -0.2) is 0 Å². The van der Waals surface area contributed by atoms with Crippen molar-refractivity contribution in [3.63, 3.8) is 0 Å². The summed E-state index contributed by atoms with van der Waals surface area (Å²) in [6.07, 6.45) is 6.44. The Kier molecular flexibility index (Phi) is 4.02. The smallest absolute Gasteiger partial charge is 0.00345 e. The maximum Gasteiger partial charge on any atom is 0.00345 e. The first kappa shape index (κ1) is 11.2. The molecule has 12 heavy (non-hydrogen) atoms. The largest absolute Gasteiger partial charge is 0.0961 e. The fraction of sp³-hybridized carbons (Fsp3) is 0.500. The molecular weight excluding hydrogens is 144 g/mol. The van der Waals surface area contributed by atoms with Gasteiger partial charge in [-0.3, -0.25) is 0 Å². The van der Waals surface area contributed by atoms with Crippen LogP contribution >= 0.6 is 0 Å². The first-order chi connectivity index (χ1) is 5.40. The molecule has 0 bridgehead atoms. The van der Waals surface area contributed by atoms with Gasteiger partial charge in [0.05, 0.1) is 0 Å². The third-order valence-electron chi connectivity index (χ3n) is 2.06. The van der Waals surface area contributed by atoms with Crippen molar-refractivity contribution in [3.8, 4) is 0 Å². The zero-order chi connectivity index (χ0) is 9.78. The monoisotopic (exact) mass is 164 g/mol. The van der Waals surface area contributed by atoms with Crippen molar-refractivity contribution in [1.29, 1.82) is 0 Å². The lowest BCUT2D eigenvalue weighted by Crippen LogP contribution is -2.08.